The van der Waals surface area contributed by atoms with Gasteiger partial charge in [-0.15, -0.1) is 4.68 Å². The number of halogens is 2. The molecule has 1 saturated heterocycles. The highest BCUT2D eigenvalue weighted by molar-refractivity contribution is 5.93. The fourth-order valence-electron chi connectivity index (χ4n) is 4.92. The normalized spacial score (nSPS) is 16.2. The van der Waals surface area contributed by atoms with Crippen molar-refractivity contribution in [3.63, 3.8) is 0 Å². The number of ether oxygens (including phenoxy) is 2. The van der Waals surface area contributed by atoms with Crippen LogP contribution in [0.3, 0.4) is 0 Å². The highest BCUT2D eigenvalue weighted by Crippen LogP contribution is 2.31. The molecule has 2 aromatic carbocycles. The van der Waals surface area contributed by atoms with E-state index in [9.17, 15) is 23.2 Å². The molecule has 0 radical (unpaired) electrons. The van der Waals surface area contributed by atoms with E-state index >= 15 is 0 Å². The topological polar surface area (TPSA) is 112 Å². The molecule has 1 aliphatic heterocycles. The monoisotopic (exact) mass is 542 g/mol. The first-order valence-corrected chi connectivity index (χ1v) is 12.8. The van der Waals surface area contributed by atoms with E-state index in [2.05, 4.69) is 10.4 Å². The molecule has 3 aromatic rings. The van der Waals surface area contributed by atoms with Gasteiger partial charge >= 0.3 is 17.8 Å². The molecule has 0 unspecified atom stereocenters. The minimum Gasteiger partial charge on any atom is -0.410 e. The lowest BCUT2D eigenvalue weighted by atomic mass is 9.94. The molecule has 0 atom stereocenters. The third kappa shape index (κ3) is 5.39. The number of benzene rings is 2. The predicted molar refractivity (Wildman–Crippen MR) is 135 cm³/mol. The van der Waals surface area contributed by atoms with Crippen LogP contribution in [0.1, 0.15) is 37.7 Å². The van der Waals surface area contributed by atoms with Crippen LogP contribution in [0.15, 0.2) is 41.2 Å². The number of nitrogens with zero attached hydrogens (tertiary/aromatic N) is 6. The van der Waals surface area contributed by atoms with E-state index in [0.717, 1.165) is 37.5 Å². The molecule has 13 heteroatoms. The third-order valence-corrected chi connectivity index (χ3v) is 6.96. The summed E-state index contributed by atoms with van der Waals surface area (Å²) in [6.07, 6.45) is 3.72. The molecule has 1 saturated carbocycles. The molecule has 206 valence electrons. The summed E-state index contributed by atoms with van der Waals surface area (Å²) >= 11 is 0. The zero-order valence-electron chi connectivity index (χ0n) is 21.4. The number of tetrazole rings is 1. The number of morpholine rings is 1. The van der Waals surface area contributed by atoms with Crippen LogP contribution in [-0.2, 0) is 4.74 Å². The fourth-order valence-corrected chi connectivity index (χ4v) is 4.92. The Morgan fingerprint density at radius 2 is 1.72 bits per heavy atom. The van der Waals surface area contributed by atoms with Crippen LogP contribution in [0.2, 0.25) is 0 Å². The lowest BCUT2D eigenvalue weighted by Crippen LogP contribution is -2.47. The molecule has 2 amide bonds. The molecule has 1 aromatic heterocycles. The number of para-hydroxylation sites is 1. The van der Waals surface area contributed by atoms with E-state index in [0.29, 0.717) is 65.5 Å². The average molecular weight is 543 g/mol. The maximum absolute atomic E-state index is 14.3. The Balaban J connectivity index is 1.46. The van der Waals surface area contributed by atoms with E-state index in [1.165, 1.54) is 4.90 Å². The van der Waals surface area contributed by atoms with Crippen LogP contribution < -0.4 is 15.3 Å². The van der Waals surface area contributed by atoms with Crippen LogP contribution in [0, 0.1) is 18.6 Å². The summed E-state index contributed by atoms with van der Waals surface area (Å²) in [5.41, 5.74) is -0.744. The average Bonchev–Trinajstić information content (AvgIpc) is 3.32. The summed E-state index contributed by atoms with van der Waals surface area (Å²) in [5.74, 6) is -1.69. The quantitative estimate of drug-likeness (QED) is 0.463. The second kappa shape index (κ2) is 11.3. The van der Waals surface area contributed by atoms with Gasteiger partial charge in [-0.25, -0.2) is 23.2 Å². The maximum Gasteiger partial charge on any atom is 0.415 e. The number of anilines is 1. The van der Waals surface area contributed by atoms with Crippen molar-refractivity contribution in [2.45, 2.75) is 45.1 Å². The van der Waals surface area contributed by atoms with Gasteiger partial charge in [-0.2, -0.15) is 4.68 Å². The second-order valence-corrected chi connectivity index (χ2v) is 9.52. The molecule has 2 fully saturated rings. The maximum atomic E-state index is 14.3. The minimum absolute atomic E-state index is 0.241. The first-order chi connectivity index (χ1) is 18.8. The Morgan fingerprint density at radius 3 is 2.38 bits per heavy atom. The summed E-state index contributed by atoms with van der Waals surface area (Å²) in [4.78, 5) is 42.4. The van der Waals surface area contributed by atoms with Gasteiger partial charge in [-0.05, 0) is 66.1 Å². The van der Waals surface area contributed by atoms with Crippen LogP contribution in [0.5, 0.6) is 5.75 Å². The summed E-state index contributed by atoms with van der Waals surface area (Å²) in [5, 5.41) is 7.23. The molecule has 2 heterocycles. The first-order valence-electron chi connectivity index (χ1n) is 12.8. The fraction of sp³-hybridized carbons (Fsp3) is 0.423. The van der Waals surface area contributed by atoms with Crippen molar-refractivity contribution < 1.29 is 27.8 Å². The minimum atomic E-state index is -1.10. The zero-order valence-corrected chi connectivity index (χ0v) is 21.4. The summed E-state index contributed by atoms with van der Waals surface area (Å²) in [6, 6.07) is 7.01. The zero-order chi connectivity index (χ0) is 27.5. The predicted octanol–water partition coefficient (Wildman–Crippen LogP) is 3.65. The lowest BCUT2D eigenvalue weighted by Gasteiger charge is -2.34. The number of aromatic nitrogens is 4. The molecule has 0 spiro atoms. The van der Waals surface area contributed by atoms with Crippen molar-refractivity contribution in [1.29, 1.82) is 0 Å². The SMILES string of the molecule is Cc1cc(N(C(=O)n2nnn(-c3c(F)cccc3F)c2=O)C2CCCCC2)ccc1OC(=O)N1CCOCC1. The van der Waals surface area contributed by atoms with Crippen LogP contribution in [-0.4, -0.2) is 69.2 Å². The summed E-state index contributed by atoms with van der Waals surface area (Å²) in [7, 11) is 0. The van der Waals surface area contributed by atoms with E-state index in [-0.39, 0.29) is 6.04 Å². The van der Waals surface area contributed by atoms with E-state index in [1.54, 1.807) is 30.0 Å². The molecule has 11 nitrogen and oxygen atoms in total. The lowest BCUT2D eigenvalue weighted by molar-refractivity contribution is 0.0415. The van der Waals surface area contributed by atoms with Gasteiger partial charge in [0.15, 0.2) is 11.6 Å². The summed E-state index contributed by atoms with van der Waals surface area (Å²) < 4.78 is 40.4. The van der Waals surface area contributed by atoms with Crippen molar-refractivity contribution in [2.24, 2.45) is 0 Å². The molecule has 0 bridgehead atoms. The van der Waals surface area contributed by atoms with Gasteiger partial charge in [0.05, 0.1) is 13.2 Å². The number of carbonyl (C=O) groups is 2. The number of aryl methyl sites for hydroxylation is 1. The first kappa shape index (κ1) is 26.5. The molecule has 5 rings (SSSR count). The Morgan fingerprint density at radius 1 is 1.03 bits per heavy atom. The molecule has 2 aliphatic rings. The van der Waals surface area contributed by atoms with Crippen molar-refractivity contribution in [3.05, 3.63) is 64.1 Å². The molecular weight excluding hydrogens is 514 g/mol. The highest BCUT2D eigenvalue weighted by Gasteiger charge is 2.32. The van der Waals surface area contributed by atoms with Gasteiger partial charge in [0.1, 0.15) is 11.4 Å². The van der Waals surface area contributed by atoms with E-state index in [4.69, 9.17) is 9.47 Å². The van der Waals surface area contributed by atoms with Crippen LogP contribution in [0.4, 0.5) is 24.1 Å². The van der Waals surface area contributed by atoms with Crippen LogP contribution in [0.25, 0.3) is 5.69 Å². The van der Waals surface area contributed by atoms with Gasteiger partial charge in [0, 0.05) is 24.8 Å². The Kier molecular flexibility index (Phi) is 7.68. The number of carbonyl (C=O) groups excluding carboxylic acids is 2. The largest absolute Gasteiger partial charge is 0.415 e. The highest BCUT2D eigenvalue weighted by atomic mass is 19.1. The Hall–Kier alpha value is -4.13. The number of amides is 2. The molecule has 0 N–H and O–H groups in total. The number of hydrogen-bond donors (Lipinski definition) is 0. The van der Waals surface area contributed by atoms with Gasteiger partial charge in [0.25, 0.3) is 0 Å². The second-order valence-electron chi connectivity index (χ2n) is 9.52. The molecule has 1 aliphatic carbocycles. The third-order valence-electron chi connectivity index (χ3n) is 6.96. The van der Waals surface area contributed by atoms with Crippen LogP contribution >= 0.6 is 0 Å². The molecular formula is C26H28F2N6O5. The van der Waals surface area contributed by atoms with Crippen molar-refractivity contribution in [1.82, 2.24) is 24.7 Å². The smallest absolute Gasteiger partial charge is 0.410 e. The van der Waals surface area contributed by atoms with E-state index < -0.39 is 35.1 Å². The molecule has 39 heavy (non-hydrogen) atoms. The van der Waals surface area contributed by atoms with Crippen molar-refractivity contribution in [2.75, 3.05) is 31.2 Å². The summed E-state index contributed by atoms with van der Waals surface area (Å²) in [6.45, 7) is 3.51. The Bertz CT molecular complexity index is 1410. The van der Waals surface area contributed by atoms with Crippen molar-refractivity contribution >= 4 is 17.8 Å². The van der Waals surface area contributed by atoms with E-state index in [1.807, 2.05) is 0 Å². The number of rotatable bonds is 4. The van der Waals surface area contributed by atoms with Crippen molar-refractivity contribution in [3.8, 4) is 11.4 Å². The Labute approximate surface area is 222 Å². The number of hydrogen-bond acceptors (Lipinski definition) is 7. The standard InChI is InChI=1S/C26H28F2N6O5/c1-17-16-19(10-11-22(17)39-26(37)31-12-14-38-15-13-31)32(18-6-3-2-4-7-18)24(35)34-25(36)33(29-30-34)23-20(27)8-5-9-21(23)28/h5,8-11,16,18H,2-4,6-7,12-15H2,1H3. The van der Waals surface area contributed by atoms with Gasteiger partial charge < -0.3 is 14.4 Å². The van der Waals surface area contributed by atoms with Gasteiger partial charge in [-0.3, -0.25) is 4.90 Å². The van der Waals surface area contributed by atoms with Gasteiger partial charge in [-0.1, -0.05) is 25.3 Å². The van der Waals surface area contributed by atoms with Gasteiger partial charge in [0.2, 0.25) is 0 Å².